The number of methoxy groups -OCH3 is 1. The molecule has 21 heavy (non-hydrogen) atoms. The molecular weight excluding hydrogens is 337 g/mol. The molecule has 0 bridgehead atoms. The van der Waals surface area contributed by atoms with Crippen molar-refractivity contribution in [3.8, 4) is 5.75 Å². The lowest BCUT2D eigenvalue weighted by Gasteiger charge is -2.04. The van der Waals surface area contributed by atoms with Crippen LogP contribution in [-0.4, -0.2) is 13.0 Å². The summed E-state index contributed by atoms with van der Waals surface area (Å²) < 4.78 is 18.7. The summed E-state index contributed by atoms with van der Waals surface area (Å²) in [5, 5.41) is 2.65. The molecule has 0 saturated heterocycles. The second kappa shape index (κ2) is 7.04. The average Bonchev–Trinajstić information content (AvgIpc) is 2.48. The molecule has 0 aliphatic heterocycles. The summed E-state index contributed by atoms with van der Waals surface area (Å²) in [5.41, 5.74) is 1.40. The molecule has 0 aliphatic carbocycles. The Morgan fingerprint density at radius 1 is 1.24 bits per heavy atom. The number of carbonyl (C=O) groups is 1. The van der Waals surface area contributed by atoms with E-state index in [0.29, 0.717) is 5.69 Å². The van der Waals surface area contributed by atoms with Gasteiger partial charge in [0.15, 0.2) is 0 Å². The van der Waals surface area contributed by atoms with E-state index in [4.69, 9.17) is 4.74 Å². The van der Waals surface area contributed by atoms with Gasteiger partial charge in [0, 0.05) is 11.8 Å². The van der Waals surface area contributed by atoms with Crippen LogP contribution in [0.5, 0.6) is 5.75 Å². The second-order valence-corrected chi connectivity index (χ2v) is 5.08. The SMILES string of the molecule is COc1ccc(/C=C/C(=O)Nc2ccc(F)cc2)cc1Br. The van der Waals surface area contributed by atoms with Gasteiger partial charge in [0.05, 0.1) is 11.6 Å². The summed E-state index contributed by atoms with van der Waals surface area (Å²) in [7, 11) is 1.59. The number of rotatable bonds is 4. The van der Waals surface area contributed by atoms with E-state index in [9.17, 15) is 9.18 Å². The van der Waals surface area contributed by atoms with Gasteiger partial charge in [-0.25, -0.2) is 4.39 Å². The molecule has 1 N–H and O–H groups in total. The molecule has 0 aliphatic rings. The van der Waals surface area contributed by atoms with E-state index in [1.807, 2.05) is 18.2 Å². The summed E-state index contributed by atoms with van der Waals surface area (Å²) in [5.74, 6) is 0.100. The molecule has 0 radical (unpaired) electrons. The smallest absolute Gasteiger partial charge is 0.248 e. The molecule has 108 valence electrons. The van der Waals surface area contributed by atoms with Gasteiger partial charge in [-0.05, 0) is 64.0 Å². The highest BCUT2D eigenvalue weighted by molar-refractivity contribution is 9.10. The molecule has 0 unspecified atom stereocenters. The van der Waals surface area contributed by atoms with Crippen molar-refractivity contribution in [3.63, 3.8) is 0 Å². The Morgan fingerprint density at radius 3 is 2.57 bits per heavy atom. The topological polar surface area (TPSA) is 38.3 Å². The van der Waals surface area contributed by atoms with Gasteiger partial charge in [0.1, 0.15) is 11.6 Å². The number of ether oxygens (including phenoxy) is 1. The molecule has 5 heteroatoms. The van der Waals surface area contributed by atoms with Gasteiger partial charge >= 0.3 is 0 Å². The zero-order chi connectivity index (χ0) is 15.2. The van der Waals surface area contributed by atoms with Gasteiger partial charge in [0.25, 0.3) is 0 Å². The zero-order valence-corrected chi connectivity index (χ0v) is 12.9. The van der Waals surface area contributed by atoms with Crippen molar-refractivity contribution < 1.29 is 13.9 Å². The first-order valence-corrected chi connectivity index (χ1v) is 6.96. The first-order chi connectivity index (χ1) is 10.1. The van der Waals surface area contributed by atoms with Crippen LogP contribution in [0, 0.1) is 5.82 Å². The molecule has 0 aromatic heterocycles. The predicted octanol–water partition coefficient (Wildman–Crippen LogP) is 4.25. The van der Waals surface area contributed by atoms with Crippen molar-refractivity contribution in [1.82, 2.24) is 0 Å². The monoisotopic (exact) mass is 349 g/mol. The van der Waals surface area contributed by atoms with Gasteiger partial charge in [0.2, 0.25) is 5.91 Å². The van der Waals surface area contributed by atoms with Gasteiger partial charge in [-0.2, -0.15) is 0 Å². The number of hydrogen-bond acceptors (Lipinski definition) is 2. The van der Waals surface area contributed by atoms with E-state index in [1.54, 1.807) is 13.2 Å². The van der Waals surface area contributed by atoms with E-state index >= 15 is 0 Å². The number of nitrogens with one attached hydrogen (secondary N) is 1. The van der Waals surface area contributed by atoms with Crippen LogP contribution in [0.1, 0.15) is 5.56 Å². The largest absolute Gasteiger partial charge is 0.496 e. The summed E-state index contributed by atoms with van der Waals surface area (Å²) in [4.78, 5) is 11.8. The Labute approximate surface area is 130 Å². The summed E-state index contributed by atoms with van der Waals surface area (Å²) in [6.07, 6.45) is 3.10. The van der Waals surface area contributed by atoms with Crippen LogP contribution in [0.2, 0.25) is 0 Å². The first kappa shape index (κ1) is 15.3. The Morgan fingerprint density at radius 2 is 1.95 bits per heavy atom. The normalized spacial score (nSPS) is 10.6. The van der Waals surface area contributed by atoms with Crippen LogP contribution in [0.15, 0.2) is 53.0 Å². The zero-order valence-electron chi connectivity index (χ0n) is 11.3. The summed E-state index contributed by atoms with van der Waals surface area (Å²) in [6, 6.07) is 11.1. The Hall–Kier alpha value is -2.14. The van der Waals surface area contributed by atoms with Crippen molar-refractivity contribution in [3.05, 3.63) is 64.4 Å². The fraction of sp³-hybridized carbons (Fsp3) is 0.0625. The van der Waals surface area contributed by atoms with Crippen molar-refractivity contribution >= 4 is 33.6 Å². The molecule has 2 aromatic carbocycles. The Kier molecular flexibility index (Phi) is 5.11. The molecule has 2 rings (SSSR count). The average molecular weight is 350 g/mol. The number of carbonyl (C=O) groups excluding carboxylic acids is 1. The highest BCUT2D eigenvalue weighted by Gasteiger charge is 2.01. The highest BCUT2D eigenvalue weighted by Crippen LogP contribution is 2.25. The predicted molar refractivity (Wildman–Crippen MR) is 84.8 cm³/mol. The van der Waals surface area contributed by atoms with E-state index < -0.39 is 0 Å². The number of halogens is 2. The maximum atomic E-state index is 12.8. The third kappa shape index (κ3) is 4.43. The minimum absolute atomic E-state index is 0.284. The Balaban J connectivity index is 2.01. The fourth-order valence-electron chi connectivity index (χ4n) is 1.68. The van der Waals surface area contributed by atoms with Crippen LogP contribution in [0.4, 0.5) is 10.1 Å². The van der Waals surface area contributed by atoms with Crippen LogP contribution in [0.3, 0.4) is 0 Å². The van der Waals surface area contributed by atoms with E-state index in [2.05, 4.69) is 21.2 Å². The van der Waals surface area contributed by atoms with Gasteiger partial charge in [-0.3, -0.25) is 4.79 Å². The van der Waals surface area contributed by atoms with Gasteiger partial charge < -0.3 is 10.1 Å². The fourth-order valence-corrected chi connectivity index (χ4v) is 2.23. The van der Waals surface area contributed by atoms with Crippen LogP contribution in [-0.2, 0) is 4.79 Å². The van der Waals surface area contributed by atoms with Crippen LogP contribution >= 0.6 is 15.9 Å². The highest BCUT2D eigenvalue weighted by atomic mass is 79.9. The molecule has 1 amide bonds. The molecule has 2 aromatic rings. The van der Waals surface area contributed by atoms with Gasteiger partial charge in [-0.1, -0.05) is 6.07 Å². The molecular formula is C16H13BrFNO2. The lowest BCUT2D eigenvalue weighted by Crippen LogP contribution is -2.07. The Bertz CT molecular complexity index is 668. The van der Waals surface area contributed by atoms with Crippen molar-refractivity contribution in [2.75, 3.05) is 12.4 Å². The quantitative estimate of drug-likeness (QED) is 0.838. The maximum absolute atomic E-state index is 12.8. The minimum Gasteiger partial charge on any atom is -0.496 e. The second-order valence-electron chi connectivity index (χ2n) is 4.22. The maximum Gasteiger partial charge on any atom is 0.248 e. The number of anilines is 1. The van der Waals surface area contributed by atoms with Crippen molar-refractivity contribution in [2.45, 2.75) is 0 Å². The number of amides is 1. The first-order valence-electron chi connectivity index (χ1n) is 6.16. The third-order valence-corrected chi connectivity index (χ3v) is 3.33. The van der Waals surface area contributed by atoms with Crippen LogP contribution in [0.25, 0.3) is 6.08 Å². The summed E-state index contributed by atoms with van der Waals surface area (Å²) >= 11 is 3.38. The van der Waals surface area contributed by atoms with E-state index in [0.717, 1.165) is 15.8 Å². The van der Waals surface area contributed by atoms with E-state index in [-0.39, 0.29) is 11.7 Å². The molecule has 0 saturated carbocycles. The standard InChI is InChI=1S/C16H13BrFNO2/c1-21-15-8-2-11(10-14(15)17)3-9-16(20)19-13-6-4-12(18)5-7-13/h2-10H,1H3,(H,19,20)/b9-3+. The van der Waals surface area contributed by atoms with Gasteiger partial charge in [-0.15, -0.1) is 0 Å². The number of hydrogen-bond donors (Lipinski definition) is 1. The van der Waals surface area contributed by atoms with Crippen LogP contribution < -0.4 is 10.1 Å². The van der Waals surface area contributed by atoms with E-state index in [1.165, 1.54) is 30.3 Å². The number of benzene rings is 2. The molecule has 3 nitrogen and oxygen atoms in total. The molecule has 0 heterocycles. The lowest BCUT2D eigenvalue weighted by atomic mass is 10.2. The third-order valence-electron chi connectivity index (χ3n) is 2.71. The molecule has 0 spiro atoms. The lowest BCUT2D eigenvalue weighted by molar-refractivity contribution is -0.111. The molecule has 0 fully saturated rings. The minimum atomic E-state index is -0.341. The van der Waals surface area contributed by atoms with Crippen molar-refractivity contribution in [2.24, 2.45) is 0 Å². The molecule has 0 atom stereocenters. The van der Waals surface area contributed by atoms with Crippen molar-refractivity contribution in [1.29, 1.82) is 0 Å². The summed E-state index contributed by atoms with van der Waals surface area (Å²) in [6.45, 7) is 0.